The summed E-state index contributed by atoms with van der Waals surface area (Å²) < 4.78 is 5.01. The Labute approximate surface area is 139 Å². The molecule has 0 N–H and O–H groups in total. The monoisotopic (exact) mass is 314 g/mol. The lowest BCUT2D eigenvalue weighted by molar-refractivity contribution is 0.380. The molecule has 24 heavy (non-hydrogen) atoms. The van der Waals surface area contributed by atoms with Crippen LogP contribution in [0.5, 0.6) is 6.01 Å². The molecular weight excluding hydrogens is 300 g/mol. The van der Waals surface area contributed by atoms with Crippen LogP contribution in [0, 0.1) is 0 Å². The maximum atomic E-state index is 5.01. The third-order valence-electron chi connectivity index (χ3n) is 3.88. The maximum absolute atomic E-state index is 5.01. The zero-order valence-electron chi connectivity index (χ0n) is 13.0. The van der Waals surface area contributed by atoms with E-state index in [2.05, 4.69) is 26.0 Å². The van der Waals surface area contributed by atoms with Gasteiger partial charge < -0.3 is 4.74 Å². The van der Waals surface area contributed by atoms with Crippen molar-refractivity contribution in [3.8, 4) is 28.3 Å². The Kier molecular flexibility index (Phi) is 3.59. The predicted octanol–water partition coefficient (Wildman–Crippen LogP) is 3.76. The molecule has 0 spiro atoms. The molecule has 0 aliphatic rings. The summed E-state index contributed by atoms with van der Waals surface area (Å²) in [4.78, 5) is 16.9. The number of benzene rings is 1. The first-order valence-electron chi connectivity index (χ1n) is 7.51. The van der Waals surface area contributed by atoms with Gasteiger partial charge in [0.15, 0.2) is 0 Å². The second-order valence-electron chi connectivity index (χ2n) is 5.28. The average molecular weight is 314 g/mol. The van der Waals surface area contributed by atoms with Crippen LogP contribution in [0.15, 0.2) is 67.4 Å². The number of hydrogen-bond acceptors (Lipinski definition) is 5. The van der Waals surface area contributed by atoms with Crippen molar-refractivity contribution < 1.29 is 4.74 Å². The number of fused-ring (bicyclic) bond motifs is 1. The van der Waals surface area contributed by atoms with Crippen LogP contribution in [0.25, 0.3) is 33.2 Å². The van der Waals surface area contributed by atoms with E-state index in [0.717, 1.165) is 33.2 Å². The van der Waals surface area contributed by atoms with Crippen LogP contribution in [0.1, 0.15) is 0 Å². The molecule has 3 heterocycles. The van der Waals surface area contributed by atoms with Gasteiger partial charge in [-0.25, -0.2) is 9.97 Å². The van der Waals surface area contributed by atoms with E-state index >= 15 is 0 Å². The number of hydrogen-bond donors (Lipinski definition) is 0. The van der Waals surface area contributed by atoms with Crippen LogP contribution in [0.2, 0.25) is 0 Å². The van der Waals surface area contributed by atoms with Gasteiger partial charge in [-0.3, -0.25) is 9.97 Å². The number of ether oxygens (including phenoxy) is 1. The zero-order chi connectivity index (χ0) is 16.4. The fourth-order valence-corrected chi connectivity index (χ4v) is 2.68. The molecule has 0 bridgehead atoms. The summed E-state index contributed by atoms with van der Waals surface area (Å²) in [5.74, 6) is 0. The summed E-state index contributed by atoms with van der Waals surface area (Å²) in [7, 11) is 1.55. The topological polar surface area (TPSA) is 60.8 Å². The lowest BCUT2D eigenvalue weighted by Gasteiger charge is -2.08. The largest absolute Gasteiger partial charge is 0.467 e. The van der Waals surface area contributed by atoms with Gasteiger partial charge in [-0.1, -0.05) is 6.07 Å². The zero-order valence-corrected chi connectivity index (χ0v) is 13.0. The van der Waals surface area contributed by atoms with Crippen molar-refractivity contribution in [3.63, 3.8) is 0 Å². The van der Waals surface area contributed by atoms with Crippen LogP contribution < -0.4 is 4.74 Å². The van der Waals surface area contributed by atoms with Crippen molar-refractivity contribution in [2.24, 2.45) is 0 Å². The van der Waals surface area contributed by atoms with Gasteiger partial charge in [0.2, 0.25) is 0 Å². The van der Waals surface area contributed by atoms with E-state index in [9.17, 15) is 0 Å². The van der Waals surface area contributed by atoms with E-state index in [1.165, 1.54) is 0 Å². The summed E-state index contributed by atoms with van der Waals surface area (Å²) in [6.07, 6.45) is 8.94. The van der Waals surface area contributed by atoms with Gasteiger partial charge in [0, 0.05) is 41.9 Å². The first kappa shape index (κ1) is 14.3. The standard InChI is InChI=1S/C19H14N4O/c1-24-19-22-11-15(12-23-19)14-2-3-18-17(10-14)16(6-9-21-18)13-4-7-20-8-5-13/h2-12H,1H3. The summed E-state index contributed by atoms with van der Waals surface area (Å²) in [6, 6.07) is 12.5. The Morgan fingerprint density at radius 2 is 1.54 bits per heavy atom. The fourth-order valence-electron chi connectivity index (χ4n) is 2.68. The van der Waals surface area contributed by atoms with Crippen molar-refractivity contribution in [2.75, 3.05) is 7.11 Å². The van der Waals surface area contributed by atoms with Crippen LogP contribution in [0.4, 0.5) is 0 Å². The van der Waals surface area contributed by atoms with Crippen molar-refractivity contribution in [2.45, 2.75) is 0 Å². The molecule has 3 aromatic heterocycles. The van der Waals surface area contributed by atoms with Gasteiger partial charge in [-0.2, -0.15) is 0 Å². The quantitative estimate of drug-likeness (QED) is 0.576. The summed E-state index contributed by atoms with van der Waals surface area (Å²) in [5.41, 5.74) is 5.15. The molecule has 5 nitrogen and oxygen atoms in total. The molecule has 0 atom stereocenters. The van der Waals surface area contributed by atoms with E-state index in [4.69, 9.17) is 4.74 Å². The first-order chi connectivity index (χ1) is 11.8. The molecule has 4 rings (SSSR count). The van der Waals surface area contributed by atoms with E-state index in [0.29, 0.717) is 6.01 Å². The Morgan fingerprint density at radius 3 is 2.29 bits per heavy atom. The molecule has 0 fully saturated rings. The SMILES string of the molecule is COc1ncc(-c2ccc3nccc(-c4ccncc4)c3c2)cn1. The number of methoxy groups -OCH3 is 1. The minimum atomic E-state index is 0.360. The number of nitrogens with zero attached hydrogens (tertiary/aromatic N) is 4. The smallest absolute Gasteiger partial charge is 0.316 e. The van der Waals surface area contributed by atoms with Crippen LogP contribution in [0.3, 0.4) is 0 Å². The van der Waals surface area contributed by atoms with Crippen LogP contribution in [-0.2, 0) is 0 Å². The molecule has 1 aromatic carbocycles. The van der Waals surface area contributed by atoms with Crippen molar-refractivity contribution >= 4 is 10.9 Å². The molecule has 5 heteroatoms. The molecule has 0 aliphatic carbocycles. The average Bonchev–Trinajstić information content (AvgIpc) is 2.68. The van der Waals surface area contributed by atoms with E-state index in [1.54, 1.807) is 31.9 Å². The van der Waals surface area contributed by atoms with Gasteiger partial charge in [0.05, 0.1) is 12.6 Å². The first-order valence-corrected chi connectivity index (χ1v) is 7.51. The van der Waals surface area contributed by atoms with Gasteiger partial charge in [-0.05, 0) is 47.0 Å². The Hall–Kier alpha value is -3.34. The molecule has 0 unspecified atom stereocenters. The van der Waals surface area contributed by atoms with Crippen LogP contribution >= 0.6 is 0 Å². The number of aromatic nitrogens is 4. The third-order valence-corrected chi connectivity index (χ3v) is 3.88. The fraction of sp³-hybridized carbons (Fsp3) is 0.0526. The number of pyridine rings is 2. The molecule has 0 amide bonds. The van der Waals surface area contributed by atoms with Crippen molar-refractivity contribution in [1.29, 1.82) is 0 Å². The van der Waals surface area contributed by atoms with Gasteiger partial charge in [-0.15, -0.1) is 0 Å². The van der Waals surface area contributed by atoms with Gasteiger partial charge in [0.25, 0.3) is 0 Å². The molecule has 0 saturated carbocycles. The highest BCUT2D eigenvalue weighted by atomic mass is 16.5. The Morgan fingerprint density at radius 1 is 0.750 bits per heavy atom. The molecule has 0 saturated heterocycles. The summed E-state index contributed by atoms with van der Waals surface area (Å²) in [5, 5.41) is 1.08. The van der Waals surface area contributed by atoms with Crippen molar-refractivity contribution in [1.82, 2.24) is 19.9 Å². The highest BCUT2D eigenvalue weighted by Gasteiger charge is 2.07. The molecule has 0 radical (unpaired) electrons. The highest BCUT2D eigenvalue weighted by molar-refractivity contribution is 5.96. The third kappa shape index (κ3) is 2.56. The highest BCUT2D eigenvalue weighted by Crippen LogP contribution is 2.30. The lowest BCUT2D eigenvalue weighted by Crippen LogP contribution is -1.92. The number of rotatable bonds is 3. The molecule has 116 valence electrons. The second-order valence-corrected chi connectivity index (χ2v) is 5.28. The van der Waals surface area contributed by atoms with E-state index in [1.807, 2.05) is 36.5 Å². The Bertz CT molecular complexity index is 985. The second kappa shape index (κ2) is 6.04. The summed E-state index contributed by atoms with van der Waals surface area (Å²) in [6.45, 7) is 0. The normalized spacial score (nSPS) is 10.7. The lowest BCUT2D eigenvalue weighted by atomic mass is 9.99. The minimum absolute atomic E-state index is 0.360. The molecule has 4 aromatic rings. The van der Waals surface area contributed by atoms with E-state index < -0.39 is 0 Å². The molecule has 0 aliphatic heterocycles. The van der Waals surface area contributed by atoms with Gasteiger partial charge >= 0.3 is 6.01 Å². The predicted molar refractivity (Wildman–Crippen MR) is 92.6 cm³/mol. The minimum Gasteiger partial charge on any atom is -0.467 e. The maximum Gasteiger partial charge on any atom is 0.316 e. The Balaban J connectivity index is 1.87. The van der Waals surface area contributed by atoms with E-state index in [-0.39, 0.29) is 0 Å². The molecular formula is C19H14N4O. The summed E-state index contributed by atoms with van der Waals surface area (Å²) >= 11 is 0. The van der Waals surface area contributed by atoms with Crippen LogP contribution in [-0.4, -0.2) is 27.0 Å². The van der Waals surface area contributed by atoms with Gasteiger partial charge in [0.1, 0.15) is 0 Å². The van der Waals surface area contributed by atoms with Crippen molar-refractivity contribution in [3.05, 3.63) is 67.4 Å².